The molecular formula is C6H10O4. The van der Waals surface area contributed by atoms with Gasteiger partial charge in [0.15, 0.2) is 0 Å². The van der Waals surface area contributed by atoms with Gasteiger partial charge in [-0.25, -0.2) is 0 Å². The maximum atomic E-state index is 10.0. The van der Waals surface area contributed by atoms with Gasteiger partial charge in [0.25, 0.3) is 6.47 Å². The van der Waals surface area contributed by atoms with Crippen LogP contribution in [-0.2, 0) is 14.3 Å². The second kappa shape index (κ2) is 4.78. The Morgan fingerprint density at radius 3 is 2.70 bits per heavy atom. The first-order chi connectivity index (χ1) is 4.70. The van der Waals surface area contributed by atoms with Crippen LogP contribution in [0.2, 0.25) is 0 Å². The third kappa shape index (κ3) is 3.88. The van der Waals surface area contributed by atoms with Crippen LogP contribution in [0.3, 0.4) is 0 Å². The fraction of sp³-hybridized carbons (Fsp3) is 0.667. The molecule has 0 aromatic heterocycles. The molecule has 0 aromatic carbocycles. The lowest BCUT2D eigenvalue weighted by Crippen LogP contribution is -2.15. The van der Waals surface area contributed by atoms with Crippen molar-refractivity contribution in [3.63, 3.8) is 0 Å². The molecule has 0 heterocycles. The minimum Gasteiger partial charge on any atom is -0.481 e. The van der Waals surface area contributed by atoms with Crippen LogP contribution in [0.15, 0.2) is 0 Å². The Balaban J connectivity index is 3.59. The summed E-state index contributed by atoms with van der Waals surface area (Å²) < 4.78 is 4.44. The molecule has 0 bridgehead atoms. The largest absolute Gasteiger partial charge is 0.481 e. The lowest BCUT2D eigenvalue weighted by Gasteiger charge is -2.08. The topological polar surface area (TPSA) is 63.6 Å². The van der Waals surface area contributed by atoms with E-state index in [9.17, 15) is 9.59 Å². The SMILES string of the molecule is CCC(CC(=O)O)OC=O. The summed E-state index contributed by atoms with van der Waals surface area (Å²) in [5, 5.41) is 8.25. The van der Waals surface area contributed by atoms with E-state index >= 15 is 0 Å². The molecule has 10 heavy (non-hydrogen) atoms. The van der Waals surface area contributed by atoms with Crippen LogP contribution < -0.4 is 0 Å². The molecule has 0 spiro atoms. The van der Waals surface area contributed by atoms with Gasteiger partial charge in [0.05, 0.1) is 6.42 Å². The van der Waals surface area contributed by atoms with Crippen molar-refractivity contribution in [1.29, 1.82) is 0 Å². The van der Waals surface area contributed by atoms with E-state index < -0.39 is 12.1 Å². The average Bonchev–Trinajstić information content (AvgIpc) is 1.86. The summed E-state index contributed by atoms with van der Waals surface area (Å²) in [4.78, 5) is 19.8. The molecule has 0 amide bonds. The van der Waals surface area contributed by atoms with Crippen molar-refractivity contribution in [2.24, 2.45) is 0 Å². The van der Waals surface area contributed by atoms with Crippen molar-refractivity contribution in [3.05, 3.63) is 0 Å². The summed E-state index contributed by atoms with van der Waals surface area (Å²) in [6.45, 7) is 2.04. The van der Waals surface area contributed by atoms with Crippen molar-refractivity contribution in [1.82, 2.24) is 0 Å². The van der Waals surface area contributed by atoms with Crippen LogP contribution in [0.1, 0.15) is 19.8 Å². The first-order valence-electron chi connectivity index (χ1n) is 3.01. The molecule has 4 heteroatoms. The third-order valence-corrected chi connectivity index (χ3v) is 1.11. The Labute approximate surface area is 58.8 Å². The zero-order valence-electron chi connectivity index (χ0n) is 5.74. The molecule has 4 nitrogen and oxygen atoms in total. The number of carboxylic acids is 1. The zero-order chi connectivity index (χ0) is 7.98. The minimum atomic E-state index is -0.950. The summed E-state index contributed by atoms with van der Waals surface area (Å²) in [7, 11) is 0. The van der Waals surface area contributed by atoms with Crippen LogP contribution in [-0.4, -0.2) is 23.7 Å². The van der Waals surface area contributed by atoms with E-state index in [1.54, 1.807) is 6.92 Å². The minimum absolute atomic E-state index is 0.116. The number of carbonyl (C=O) groups is 2. The van der Waals surface area contributed by atoms with E-state index in [4.69, 9.17) is 5.11 Å². The van der Waals surface area contributed by atoms with Crippen molar-refractivity contribution < 1.29 is 19.4 Å². The van der Waals surface area contributed by atoms with Gasteiger partial charge in [0, 0.05) is 0 Å². The molecule has 1 atom stereocenters. The third-order valence-electron chi connectivity index (χ3n) is 1.11. The highest BCUT2D eigenvalue weighted by atomic mass is 16.5. The Bertz CT molecular complexity index is 121. The number of rotatable bonds is 5. The highest BCUT2D eigenvalue weighted by molar-refractivity contribution is 5.67. The van der Waals surface area contributed by atoms with Gasteiger partial charge < -0.3 is 9.84 Å². The molecule has 0 aromatic rings. The van der Waals surface area contributed by atoms with E-state index in [-0.39, 0.29) is 12.9 Å². The summed E-state index contributed by atoms with van der Waals surface area (Å²) in [6.07, 6.45) is -0.0599. The normalized spacial score (nSPS) is 12.1. The first-order valence-corrected chi connectivity index (χ1v) is 3.01. The van der Waals surface area contributed by atoms with Gasteiger partial charge in [-0.3, -0.25) is 9.59 Å². The Morgan fingerprint density at radius 1 is 1.80 bits per heavy atom. The molecule has 0 saturated heterocycles. The summed E-state index contributed by atoms with van der Waals surface area (Å²) in [5.41, 5.74) is 0. The Hall–Kier alpha value is -1.06. The van der Waals surface area contributed by atoms with E-state index in [0.29, 0.717) is 6.42 Å². The monoisotopic (exact) mass is 146 g/mol. The van der Waals surface area contributed by atoms with Crippen molar-refractivity contribution in [3.8, 4) is 0 Å². The quantitative estimate of drug-likeness (QED) is 0.570. The number of ether oxygens (including phenoxy) is 1. The molecular weight excluding hydrogens is 136 g/mol. The average molecular weight is 146 g/mol. The number of carboxylic acid groups (broad SMARTS) is 1. The molecule has 0 rings (SSSR count). The van der Waals surface area contributed by atoms with E-state index in [1.807, 2.05) is 0 Å². The van der Waals surface area contributed by atoms with Crippen LogP contribution in [0.4, 0.5) is 0 Å². The first kappa shape index (κ1) is 8.94. The van der Waals surface area contributed by atoms with Crippen LogP contribution in [0, 0.1) is 0 Å². The fourth-order valence-electron chi connectivity index (χ4n) is 0.562. The highest BCUT2D eigenvalue weighted by Gasteiger charge is 2.10. The van der Waals surface area contributed by atoms with Gasteiger partial charge in [0.2, 0.25) is 0 Å². The predicted molar refractivity (Wildman–Crippen MR) is 33.5 cm³/mol. The molecule has 1 N–H and O–H groups in total. The van der Waals surface area contributed by atoms with Crippen LogP contribution in [0.5, 0.6) is 0 Å². The van der Waals surface area contributed by atoms with Crippen LogP contribution >= 0.6 is 0 Å². The van der Waals surface area contributed by atoms with Crippen LogP contribution in [0.25, 0.3) is 0 Å². The van der Waals surface area contributed by atoms with Gasteiger partial charge in [-0.05, 0) is 6.42 Å². The molecule has 0 aliphatic heterocycles. The van der Waals surface area contributed by atoms with Gasteiger partial charge in [0.1, 0.15) is 6.10 Å². The molecule has 0 saturated carbocycles. The molecule has 0 radical (unpaired) electrons. The smallest absolute Gasteiger partial charge is 0.307 e. The second-order valence-corrected chi connectivity index (χ2v) is 1.86. The van der Waals surface area contributed by atoms with Gasteiger partial charge in [-0.15, -0.1) is 0 Å². The van der Waals surface area contributed by atoms with E-state index in [1.165, 1.54) is 0 Å². The number of hydrogen-bond acceptors (Lipinski definition) is 3. The van der Waals surface area contributed by atoms with Gasteiger partial charge in [-0.1, -0.05) is 6.92 Å². The van der Waals surface area contributed by atoms with Gasteiger partial charge in [-0.2, -0.15) is 0 Å². The van der Waals surface area contributed by atoms with Crippen molar-refractivity contribution in [2.75, 3.05) is 0 Å². The Kier molecular flexibility index (Phi) is 4.28. The lowest BCUT2D eigenvalue weighted by molar-refractivity contribution is -0.143. The number of aliphatic carboxylic acids is 1. The molecule has 1 unspecified atom stereocenters. The van der Waals surface area contributed by atoms with Crippen molar-refractivity contribution in [2.45, 2.75) is 25.9 Å². The number of hydrogen-bond donors (Lipinski definition) is 1. The molecule has 0 fully saturated rings. The Morgan fingerprint density at radius 2 is 2.40 bits per heavy atom. The standard InChI is InChI=1S/C6H10O4/c1-2-5(10-4-7)3-6(8)9/h4-5H,2-3H2,1H3,(H,8,9). The molecule has 0 aliphatic carbocycles. The predicted octanol–water partition coefficient (Wildman–Crippen LogP) is 0.413. The second-order valence-electron chi connectivity index (χ2n) is 1.86. The van der Waals surface area contributed by atoms with E-state index in [2.05, 4.69) is 4.74 Å². The number of carbonyl (C=O) groups excluding carboxylic acids is 1. The maximum Gasteiger partial charge on any atom is 0.307 e. The summed E-state index contributed by atoms with van der Waals surface area (Å²) in [6, 6.07) is 0. The van der Waals surface area contributed by atoms with Crippen molar-refractivity contribution >= 4 is 12.4 Å². The summed E-state index contributed by atoms with van der Waals surface area (Å²) in [5.74, 6) is -0.950. The fourth-order valence-corrected chi connectivity index (χ4v) is 0.562. The molecule has 0 aliphatic rings. The van der Waals surface area contributed by atoms with E-state index in [0.717, 1.165) is 0 Å². The highest BCUT2D eigenvalue weighted by Crippen LogP contribution is 2.00. The summed E-state index contributed by atoms with van der Waals surface area (Å²) >= 11 is 0. The molecule has 58 valence electrons. The maximum absolute atomic E-state index is 10.0. The zero-order valence-corrected chi connectivity index (χ0v) is 5.74. The van der Waals surface area contributed by atoms with Gasteiger partial charge >= 0.3 is 5.97 Å². The lowest BCUT2D eigenvalue weighted by atomic mass is 10.2.